The Morgan fingerprint density at radius 1 is 1.17 bits per heavy atom. The fraction of sp³-hybridized carbons (Fsp3) is 0.263. The van der Waals surface area contributed by atoms with Crippen molar-refractivity contribution in [3.8, 4) is 0 Å². The minimum Gasteiger partial charge on any atom is -0.326 e. The first-order valence-electron chi connectivity index (χ1n) is 7.88. The molecular weight excluding hydrogens is 307 g/mol. The summed E-state index contributed by atoms with van der Waals surface area (Å²) in [5.41, 5.74) is 3.15. The molecule has 5 heteroatoms. The van der Waals surface area contributed by atoms with Crippen molar-refractivity contribution in [1.29, 1.82) is 0 Å². The molecule has 1 aliphatic rings. The predicted molar refractivity (Wildman–Crippen MR) is 91.4 cm³/mol. The molecule has 0 aromatic heterocycles. The average molecular weight is 326 g/mol. The lowest BCUT2D eigenvalue weighted by Gasteiger charge is -2.17. The molecule has 1 fully saturated rings. The number of carbonyl (C=O) groups excluding carboxylic acids is 2. The molecule has 2 aromatic carbocycles. The molecule has 1 aliphatic heterocycles. The summed E-state index contributed by atoms with van der Waals surface area (Å²) in [6.07, 6.45) is 0.181. The van der Waals surface area contributed by atoms with Crippen LogP contribution in [0, 0.1) is 25.6 Å². The van der Waals surface area contributed by atoms with Crippen molar-refractivity contribution in [2.75, 3.05) is 16.8 Å². The highest BCUT2D eigenvalue weighted by molar-refractivity contribution is 6.03. The second-order valence-electron chi connectivity index (χ2n) is 6.19. The fourth-order valence-electron chi connectivity index (χ4n) is 2.86. The minimum atomic E-state index is -0.414. The molecule has 0 bridgehead atoms. The first-order chi connectivity index (χ1) is 11.4. The van der Waals surface area contributed by atoms with Gasteiger partial charge in [-0.05, 0) is 49.7 Å². The highest BCUT2D eigenvalue weighted by Gasteiger charge is 2.35. The summed E-state index contributed by atoms with van der Waals surface area (Å²) in [5.74, 6) is -1.03. The zero-order valence-electron chi connectivity index (χ0n) is 13.7. The second kappa shape index (κ2) is 6.43. The molecule has 1 heterocycles. The highest BCUT2D eigenvalue weighted by Crippen LogP contribution is 2.27. The van der Waals surface area contributed by atoms with Crippen molar-refractivity contribution in [2.45, 2.75) is 20.3 Å². The lowest BCUT2D eigenvalue weighted by atomic mass is 10.1. The van der Waals surface area contributed by atoms with Gasteiger partial charge in [0.1, 0.15) is 5.82 Å². The van der Waals surface area contributed by atoms with Gasteiger partial charge in [-0.3, -0.25) is 9.59 Å². The summed E-state index contributed by atoms with van der Waals surface area (Å²) in [7, 11) is 0. The maximum atomic E-state index is 13.1. The van der Waals surface area contributed by atoms with Gasteiger partial charge in [-0.2, -0.15) is 0 Å². The first-order valence-corrected chi connectivity index (χ1v) is 7.88. The average Bonchev–Trinajstić information content (AvgIpc) is 2.93. The third kappa shape index (κ3) is 3.30. The quantitative estimate of drug-likeness (QED) is 0.939. The maximum absolute atomic E-state index is 13.1. The number of aryl methyl sites for hydroxylation is 2. The molecule has 1 atom stereocenters. The number of hydrogen-bond acceptors (Lipinski definition) is 2. The first kappa shape index (κ1) is 16.2. The lowest BCUT2D eigenvalue weighted by molar-refractivity contribution is -0.122. The Morgan fingerprint density at radius 3 is 2.54 bits per heavy atom. The van der Waals surface area contributed by atoms with Gasteiger partial charge in [0.05, 0.1) is 5.92 Å². The van der Waals surface area contributed by atoms with E-state index in [1.54, 1.807) is 11.8 Å². The number of nitrogens with one attached hydrogen (secondary N) is 1. The van der Waals surface area contributed by atoms with E-state index in [1.165, 1.54) is 18.2 Å². The molecule has 1 unspecified atom stereocenters. The SMILES string of the molecule is Cc1ccc(N2CC(C(=O)Nc3ccc(F)cc3C)CC2=O)cc1. The van der Waals surface area contributed by atoms with E-state index in [0.717, 1.165) is 11.3 Å². The molecule has 1 saturated heterocycles. The van der Waals surface area contributed by atoms with Gasteiger partial charge in [0.2, 0.25) is 11.8 Å². The number of anilines is 2. The third-order valence-corrected chi connectivity index (χ3v) is 4.29. The second-order valence-corrected chi connectivity index (χ2v) is 6.19. The predicted octanol–water partition coefficient (Wildman–Crippen LogP) is 3.43. The van der Waals surface area contributed by atoms with Crippen molar-refractivity contribution in [2.24, 2.45) is 5.92 Å². The largest absolute Gasteiger partial charge is 0.326 e. The van der Waals surface area contributed by atoms with Crippen LogP contribution in [0.2, 0.25) is 0 Å². The number of amides is 2. The van der Waals surface area contributed by atoms with E-state index in [0.29, 0.717) is 17.8 Å². The molecule has 24 heavy (non-hydrogen) atoms. The molecule has 3 rings (SSSR count). The Morgan fingerprint density at radius 2 is 1.88 bits per heavy atom. The summed E-state index contributed by atoms with van der Waals surface area (Å²) in [4.78, 5) is 26.3. The van der Waals surface area contributed by atoms with Crippen molar-refractivity contribution in [1.82, 2.24) is 0 Å². The van der Waals surface area contributed by atoms with Crippen molar-refractivity contribution < 1.29 is 14.0 Å². The van der Waals surface area contributed by atoms with Crippen molar-refractivity contribution in [3.63, 3.8) is 0 Å². The zero-order valence-corrected chi connectivity index (χ0v) is 13.7. The fourth-order valence-corrected chi connectivity index (χ4v) is 2.86. The van der Waals surface area contributed by atoms with Crippen LogP contribution in [-0.2, 0) is 9.59 Å². The van der Waals surface area contributed by atoms with Gasteiger partial charge in [0.25, 0.3) is 0 Å². The Labute approximate surface area is 140 Å². The van der Waals surface area contributed by atoms with Crippen molar-refractivity contribution in [3.05, 3.63) is 59.4 Å². The van der Waals surface area contributed by atoms with Crippen LogP contribution in [0.3, 0.4) is 0 Å². The standard InChI is InChI=1S/C19H19FN2O2/c1-12-3-6-16(7-4-12)22-11-14(10-18(22)23)19(24)21-17-8-5-15(20)9-13(17)2/h3-9,14H,10-11H2,1-2H3,(H,21,24). The van der Waals surface area contributed by atoms with Crippen LogP contribution in [-0.4, -0.2) is 18.4 Å². The number of carbonyl (C=O) groups is 2. The van der Waals surface area contributed by atoms with Crippen LogP contribution in [0.1, 0.15) is 17.5 Å². The lowest BCUT2D eigenvalue weighted by Crippen LogP contribution is -2.28. The number of hydrogen-bond donors (Lipinski definition) is 1. The van der Waals surface area contributed by atoms with Crippen LogP contribution < -0.4 is 10.2 Å². The Balaban J connectivity index is 1.70. The Kier molecular flexibility index (Phi) is 4.34. The van der Waals surface area contributed by atoms with Gasteiger partial charge in [-0.25, -0.2) is 4.39 Å². The van der Waals surface area contributed by atoms with E-state index < -0.39 is 5.92 Å². The van der Waals surface area contributed by atoms with Crippen LogP contribution in [0.15, 0.2) is 42.5 Å². The molecule has 2 aromatic rings. The third-order valence-electron chi connectivity index (χ3n) is 4.29. The van der Waals surface area contributed by atoms with Crippen LogP contribution >= 0.6 is 0 Å². The van der Waals surface area contributed by atoms with E-state index in [9.17, 15) is 14.0 Å². The van der Waals surface area contributed by atoms with Gasteiger partial charge >= 0.3 is 0 Å². The van der Waals surface area contributed by atoms with Gasteiger partial charge in [0.15, 0.2) is 0 Å². The van der Waals surface area contributed by atoms with E-state index in [2.05, 4.69) is 5.32 Å². The molecule has 0 saturated carbocycles. The molecule has 1 N–H and O–H groups in total. The zero-order chi connectivity index (χ0) is 17.3. The van der Waals surface area contributed by atoms with E-state index in [-0.39, 0.29) is 24.1 Å². The molecular formula is C19H19FN2O2. The van der Waals surface area contributed by atoms with Gasteiger partial charge in [0, 0.05) is 24.3 Å². The highest BCUT2D eigenvalue weighted by atomic mass is 19.1. The number of benzene rings is 2. The van der Waals surface area contributed by atoms with Crippen LogP contribution in [0.25, 0.3) is 0 Å². The maximum Gasteiger partial charge on any atom is 0.229 e. The Bertz CT molecular complexity index is 786. The van der Waals surface area contributed by atoms with Crippen molar-refractivity contribution >= 4 is 23.2 Å². The summed E-state index contributed by atoms with van der Waals surface area (Å²) < 4.78 is 13.1. The van der Waals surface area contributed by atoms with E-state index in [1.807, 2.05) is 31.2 Å². The number of halogens is 1. The van der Waals surface area contributed by atoms with Gasteiger partial charge in [-0.15, -0.1) is 0 Å². The van der Waals surface area contributed by atoms with Gasteiger partial charge in [-0.1, -0.05) is 17.7 Å². The normalized spacial score (nSPS) is 17.2. The summed E-state index contributed by atoms with van der Waals surface area (Å²) in [6.45, 7) is 4.07. The Hall–Kier alpha value is -2.69. The summed E-state index contributed by atoms with van der Waals surface area (Å²) >= 11 is 0. The van der Waals surface area contributed by atoms with E-state index in [4.69, 9.17) is 0 Å². The molecule has 124 valence electrons. The summed E-state index contributed by atoms with van der Waals surface area (Å²) in [5, 5.41) is 2.80. The smallest absolute Gasteiger partial charge is 0.229 e. The van der Waals surface area contributed by atoms with E-state index >= 15 is 0 Å². The van der Waals surface area contributed by atoms with Gasteiger partial charge < -0.3 is 10.2 Å². The molecule has 2 amide bonds. The molecule has 0 spiro atoms. The number of nitrogens with zero attached hydrogens (tertiary/aromatic N) is 1. The monoisotopic (exact) mass is 326 g/mol. The summed E-state index contributed by atoms with van der Waals surface area (Å²) in [6, 6.07) is 11.9. The molecule has 0 aliphatic carbocycles. The van der Waals surface area contributed by atoms with Crippen LogP contribution in [0.5, 0.6) is 0 Å². The van der Waals surface area contributed by atoms with Crippen LogP contribution in [0.4, 0.5) is 15.8 Å². The number of rotatable bonds is 3. The minimum absolute atomic E-state index is 0.0603. The molecule has 4 nitrogen and oxygen atoms in total. The molecule has 0 radical (unpaired) electrons. The topological polar surface area (TPSA) is 49.4 Å².